The van der Waals surface area contributed by atoms with Crippen molar-refractivity contribution in [3.05, 3.63) is 29.6 Å². The van der Waals surface area contributed by atoms with Crippen LogP contribution in [0.5, 0.6) is 5.75 Å². The van der Waals surface area contributed by atoms with E-state index in [9.17, 15) is 9.18 Å². The van der Waals surface area contributed by atoms with Gasteiger partial charge in [-0.1, -0.05) is 6.07 Å². The van der Waals surface area contributed by atoms with Crippen LogP contribution in [0.4, 0.5) is 4.39 Å². The summed E-state index contributed by atoms with van der Waals surface area (Å²) in [5.74, 6) is 0.118. The molecule has 4 nitrogen and oxygen atoms in total. The number of methoxy groups -OCH3 is 2. The number of likely N-dealkylation sites (tertiary alicyclic amines) is 1. The lowest BCUT2D eigenvalue weighted by atomic mass is 9.96. The highest BCUT2D eigenvalue weighted by atomic mass is 19.1. The molecule has 0 N–H and O–H groups in total. The van der Waals surface area contributed by atoms with Crippen LogP contribution in [0.2, 0.25) is 0 Å². The summed E-state index contributed by atoms with van der Waals surface area (Å²) in [6.45, 7) is 2.13. The van der Waals surface area contributed by atoms with Gasteiger partial charge in [0.2, 0.25) is 0 Å². The first-order valence-electron chi connectivity index (χ1n) is 6.76. The fourth-order valence-corrected chi connectivity index (χ4v) is 2.52. The average molecular weight is 281 g/mol. The van der Waals surface area contributed by atoms with E-state index in [0.717, 1.165) is 25.9 Å². The molecule has 0 unspecified atom stereocenters. The number of carbonyl (C=O) groups is 1. The summed E-state index contributed by atoms with van der Waals surface area (Å²) < 4.78 is 23.6. The molecule has 0 amide bonds. The third-order valence-electron chi connectivity index (χ3n) is 3.78. The third-order valence-corrected chi connectivity index (χ3v) is 3.78. The van der Waals surface area contributed by atoms with Crippen molar-refractivity contribution >= 4 is 5.97 Å². The average Bonchev–Trinajstić information content (AvgIpc) is 2.49. The van der Waals surface area contributed by atoms with E-state index in [2.05, 4.69) is 4.90 Å². The van der Waals surface area contributed by atoms with Crippen LogP contribution in [0.3, 0.4) is 0 Å². The number of halogens is 1. The lowest BCUT2D eigenvalue weighted by molar-refractivity contribution is -0.147. The van der Waals surface area contributed by atoms with Gasteiger partial charge >= 0.3 is 5.97 Å². The Morgan fingerprint density at radius 1 is 1.35 bits per heavy atom. The Balaban J connectivity index is 1.91. The highest BCUT2D eigenvalue weighted by molar-refractivity contribution is 5.72. The second kappa shape index (κ2) is 6.70. The number of carbonyl (C=O) groups excluding carboxylic acids is 1. The van der Waals surface area contributed by atoms with Gasteiger partial charge in [-0.05, 0) is 32.0 Å². The normalized spacial score (nSPS) is 16.9. The molecule has 1 aromatic carbocycles. The number of esters is 1. The highest BCUT2D eigenvalue weighted by Gasteiger charge is 2.25. The quantitative estimate of drug-likeness (QED) is 0.793. The van der Waals surface area contributed by atoms with Gasteiger partial charge in [0.05, 0.1) is 20.1 Å². The topological polar surface area (TPSA) is 38.8 Å². The Kier molecular flexibility index (Phi) is 4.95. The van der Waals surface area contributed by atoms with Crippen LogP contribution < -0.4 is 4.74 Å². The molecule has 1 aliphatic heterocycles. The molecule has 5 heteroatoms. The summed E-state index contributed by atoms with van der Waals surface area (Å²) in [7, 11) is 2.94. The summed E-state index contributed by atoms with van der Waals surface area (Å²) in [4.78, 5) is 13.6. The molecule has 1 fully saturated rings. The molecule has 0 saturated carbocycles. The molecule has 1 saturated heterocycles. The highest BCUT2D eigenvalue weighted by Crippen LogP contribution is 2.22. The number of nitrogens with zero attached hydrogens (tertiary/aromatic N) is 1. The Labute approximate surface area is 118 Å². The van der Waals surface area contributed by atoms with E-state index in [1.54, 1.807) is 12.1 Å². The standard InChI is InChI=1S/C15H20FNO3/c1-19-13-4-3-12(14(16)9-13)10-17-7-5-11(6-8-17)15(18)20-2/h3-4,9,11H,5-8,10H2,1-2H3. The molecular weight excluding hydrogens is 261 g/mol. The fourth-order valence-electron chi connectivity index (χ4n) is 2.52. The molecule has 110 valence electrons. The van der Waals surface area contributed by atoms with Crippen LogP contribution in [0.25, 0.3) is 0 Å². The third kappa shape index (κ3) is 3.48. The van der Waals surface area contributed by atoms with E-state index in [1.807, 2.05) is 0 Å². The molecule has 0 radical (unpaired) electrons. The molecule has 0 bridgehead atoms. The first-order valence-corrected chi connectivity index (χ1v) is 6.76. The summed E-state index contributed by atoms with van der Waals surface area (Å²) in [5.41, 5.74) is 0.655. The largest absolute Gasteiger partial charge is 0.497 e. The first kappa shape index (κ1) is 14.8. The number of ether oxygens (including phenoxy) is 2. The summed E-state index contributed by atoms with van der Waals surface area (Å²) >= 11 is 0. The minimum Gasteiger partial charge on any atom is -0.497 e. The van der Waals surface area contributed by atoms with Crippen molar-refractivity contribution in [3.8, 4) is 5.75 Å². The van der Waals surface area contributed by atoms with Crippen molar-refractivity contribution in [2.75, 3.05) is 27.3 Å². The monoisotopic (exact) mass is 281 g/mol. The minimum atomic E-state index is -0.251. The van der Waals surface area contributed by atoms with Crippen LogP contribution >= 0.6 is 0 Å². The second-order valence-corrected chi connectivity index (χ2v) is 5.03. The van der Waals surface area contributed by atoms with Crippen molar-refractivity contribution in [1.29, 1.82) is 0 Å². The Bertz CT molecular complexity index is 470. The van der Waals surface area contributed by atoms with E-state index < -0.39 is 0 Å². The van der Waals surface area contributed by atoms with E-state index >= 15 is 0 Å². The van der Waals surface area contributed by atoms with Gasteiger partial charge in [-0.2, -0.15) is 0 Å². The first-order chi connectivity index (χ1) is 9.63. The van der Waals surface area contributed by atoms with Gasteiger partial charge in [-0.25, -0.2) is 4.39 Å². The minimum absolute atomic E-state index is 0.0167. The predicted molar refractivity (Wildman–Crippen MR) is 73.0 cm³/mol. The van der Waals surface area contributed by atoms with Crippen LogP contribution in [0.15, 0.2) is 18.2 Å². The number of hydrogen-bond donors (Lipinski definition) is 0. The lowest BCUT2D eigenvalue weighted by Gasteiger charge is -2.30. The molecule has 0 atom stereocenters. The van der Waals surface area contributed by atoms with E-state index in [1.165, 1.54) is 20.3 Å². The molecular formula is C15H20FNO3. The van der Waals surface area contributed by atoms with Crippen LogP contribution in [-0.2, 0) is 16.1 Å². The molecule has 1 heterocycles. The molecule has 0 aliphatic carbocycles. The zero-order valence-electron chi connectivity index (χ0n) is 11.9. The zero-order chi connectivity index (χ0) is 14.5. The molecule has 2 rings (SSSR count). The molecule has 0 spiro atoms. The number of hydrogen-bond acceptors (Lipinski definition) is 4. The van der Waals surface area contributed by atoms with E-state index in [-0.39, 0.29) is 17.7 Å². The van der Waals surface area contributed by atoms with E-state index in [4.69, 9.17) is 9.47 Å². The van der Waals surface area contributed by atoms with Crippen molar-refractivity contribution in [2.45, 2.75) is 19.4 Å². The van der Waals surface area contributed by atoms with Crippen molar-refractivity contribution in [3.63, 3.8) is 0 Å². The Morgan fingerprint density at radius 2 is 2.05 bits per heavy atom. The smallest absolute Gasteiger partial charge is 0.308 e. The SMILES string of the molecule is COC(=O)C1CCN(Cc2ccc(OC)cc2F)CC1. The predicted octanol–water partition coefficient (Wildman–Crippen LogP) is 2.22. The molecule has 1 aromatic rings. The fraction of sp³-hybridized carbons (Fsp3) is 0.533. The maximum atomic E-state index is 13.9. The van der Waals surface area contributed by atoms with Crippen LogP contribution in [-0.4, -0.2) is 38.2 Å². The maximum Gasteiger partial charge on any atom is 0.308 e. The summed E-state index contributed by atoms with van der Waals surface area (Å²) in [6.07, 6.45) is 1.54. The summed E-state index contributed by atoms with van der Waals surface area (Å²) in [5, 5.41) is 0. The van der Waals surface area contributed by atoms with Gasteiger partial charge < -0.3 is 9.47 Å². The van der Waals surface area contributed by atoms with Gasteiger partial charge in [-0.3, -0.25) is 9.69 Å². The van der Waals surface area contributed by atoms with Gasteiger partial charge in [0.15, 0.2) is 0 Å². The van der Waals surface area contributed by atoms with Gasteiger partial charge in [-0.15, -0.1) is 0 Å². The molecule has 0 aromatic heterocycles. The van der Waals surface area contributed by atoms with Crippen molar-refractivity contribution in [1.82, 2.24) is 4.90 Å². The van der Waals surface area contributed by atoms with Gasteiger partial charge in [0.25, 0.3) is 0 Å². The Morgan fingerprint density at radius 3 is 2.60 bits per heavy atom. The number of piperidine rings is 1. The summed E-state index contributed by atoms with van der Waals surface area (Å²) in [6, 6.07) is 4.91. The Hall–Kier alpha value is -1.62. The van der Waals surface area contributed by atoms with Gasteiger partial charge in [0.1, 0.15) is 11.6 Å². The van der Waals surface area contributed by atoms with Crippen molar-refractivity contribution in [2.24, 2.45) is 5.92 Å². The van der Waals surface area contributed by atoms with Crippen LogP contribution in [0, 0.1) is 11.7 Å². The lowest BCUT2D eigenvalue weighted by Crippen LogP contribution is -2.36. The molecule has 1 aliphatic rings. The van der Waals surface area contributed by atoms with E-state index in [0.29, 0.717) is 17.9 Å². The maximum absolute atomic E-state index is 13.9. The zero-order valence-corrected chi connectivity index (χ0v) is 11.9. The molecule has 20 heavy (non-hydrogen) atoms. The number of rotatable bonds is 4. The second-order valence-electron chi connectivity index (χ2n) is 5.03. The van der Waals surface area contributed by atoms with Crippen LogP contribution in [0.1, 0.15) is 18.4 Å². The number of benzene rings is 1. The van der Waals surface area contributed by atoms with Gasteiger partial charge in [0, 0.05) is 18.2 Å². The van der Waals surface area contributed by atoms with Crippen molar-refractivity contribution < 1.29 is 18.7 Å².